The molecule has 5 heteroatoms. The van der Waals surface area contributed by atoms with Gasteiger partial charge in [0.05, 0.1) is 6.04 Å². The molecule has 144 valence electrons. The lowest BCUT2D eigenvalue weighted by Crippen LogP contribution is -2.41. The van der Waals surface area contributed by atoms with Crippen molar-refractivity contribution in [3.8, 4) is 0 Å². The molecule has 0 bridgehead atoms. The minimum Gasteiger partial charge on any atom is -0.385 e. The Morgan fingerprint density at radius 3 is 2.68 bits per heavy atom. The van der Waals surface area contributed by atoms with Gasteiger partial charge in [0.15, 0.2) is 0 Å². The zero-order chi connectivity index (χ0) is 19.1. The summed E-state index contributed by atoms with van der Waals surface area (Å²) >= 11 is 5.93. The topological polar surface area (TPSA) is 48.1 Å². The molecule has 0 radical (unpaired) electrons. The molecule has 1 atom stereocenters. The second-order valence-electron chi connectivity index (χ2n) is 7.88. The van der Waals surface area contributed by atoms with E-state index in [1.165, 1.54) is 23.8 Å². The molecular weight excluding hydrogens is 370 g/mol. The molecule has 3 aromatic rings. The maximum absolute atomic E-state index is 12.6. The number of para-hydroxylation sites is 1. The van der Waals surface area contributed by atoms with Crippen LogP contribution in [0.4, 0.5) is 5.69 Å². The van der Waals surface area contributed by atoms with Crippen LogP contribution in [0.2, 0.25) is 0 Å². The number of carbonyl (C=O) groups excluding carboxylic acids is 1. The van der Waals surface area contributed by atoms with Crippen molar-refractivity contribution >= 4 is 34.1 Å². The number of rotatable bonds is 5. The molecule has 1 aliphatic heterocycles. The maximum atomic E-state index is 12.6. The van der Waals surface area contributed by atoms with Crippen LogP contribution < -0.4 is 5.32 Å². The van der Waals surface area contributed by atoms with Crippen LogP contribution in [-0.4, -0.2) is 34.8 Å². The van der Waals surface area contributed by atoms with Crippen LogP contribution in [0.3, 0.4) is 0 Å². The van der Waals surface area contributed by atoms with Crippen molar-refractivity contribution in [2.24, 2.45) is 5.92 Å². The Morgan fingerprint density at radius 1 is 1.14 bits per heavy atom. The summed E-state index contributed by atoms with van der Waals surface area (Å²) in [5.74, 6) is 0.822. The lowest BCUT2D eigenvalue weighted by Gasteiger charge is -2.36. The molecule has 0 spiro atoms. The number of H-pyrrole nitrogens is 1. The highest BCUT2D eigenvalue weighted by molar-refractivity contribution is 6.27. The van der Waals surface area contributed by atoms with Crippen molar-refractivity contribution in [1.29, 1.82) is 0 Å². The summed E-state index contributed by atoms with van der Waals surface area (Å²) in [6, 6.07) is 16.8. The quantitative estimate of drug-likeness (QED) is 0.617. The first-order chi connectivity index (χ1) is 13.7. The molecule has 1 saturated carbocycles. The number of anilines is 1. The van der Waals surface area contributed by atoms with E-state index in [0.717, 1.165) is 41.3 Å². The Balaban J connectivity index is 1.52. The van der Waals surface area contributed by atoms with E-state index in [9.17, 15) is 4.79 Å². The monoisotopic (exact) mass is 393 g/mol. The lowest BCUT2D eigenvalue weighted by molar-refractivity contribution is -0.130. The third kappa shape index (κ3) is 3.16. The number of aromatic amines is 1. The van der Waals surface area contributed by atoms with E-state index in [2.05, 4.69) is 52.8 Å². The van der Waals surface area contributed by atoms with Gasteiger partial charge >= 0.3 is 0 Å². The number of nitrogens with one attached hydrogen (secondary N) is 2. The standard InChI is InChI=1S/C23H24ClN3O/c24-13-21(28)27-12-11-19-18-3-1-2-4-20(18)26-22(19)23(27)16-7-9-17(10-8-16)25-14-15-5-6-15/h1-4,7-10,15,23,25-26H,5-6,11-14H2/t23-/m0/s1. The largest absolute Gasteiger partial charge is 0.385 e. The molecule has 0 saturated heterocycles. The van der Waals surface area contributed by atoms with Crippen molar-refractivity contribution in [3.63, 3.8) is 0 Å². The Morgan fingerprint density at radius 2 is 1.93 bits per heavy atom. The second-order valence-corrected chi connectivity index (χ2v) is 8.15. The summed E-state index contributed by atoms with van der Waals surface area (Å²) in [4.78, 5) is 18.1. The molecule has 1 fully saturated rings. The zero-order valence-corrected chi connectivity index (χ0v) is 16.5. The number of alkyl halides is 1. The number of hydrogen-bond donors (Lipinski definition) is 2. The van der Waals surface area contributed by atoms with Gasteiger partial charge in [-0.25, -0.2) is 0 Å². The normalized spacial score (nSPS) is 18.9. The minimum absolute atomic E-state index is 0.00703. The molecule has 2 aliphatic rings. The van der Waals surface area contributed by atoms with Gasteiger partial charge in [-0.05, 0) is 54.5 Å². The number of amides is 1. The summed E-state index contributed by atoms with van der Waals surface area (Å²) < 4.78 is 0. The fourth-order valence-corrected chi connectivity index (χ4v) is 4.45. The highest BCUT2D eigenvalue weighted by Crippen LogP contribution is 2.39. The van der Waals surface area contributed by atoms with Crippen LogP contribution in [0.25, 0.3) is 10.9 Å². The van der Waals surface area contributed by atoms with E-state index in [4.69, 9.17) is 11.6 Å². The van der Waals surface area contributed by atoms with E-state index < -0.39 is 0 Å². The molecule has 1 amide bonds. The van der Waals surface area contributed by atoms with Gasteiger partial charge in [0.1, 0.15) is 5.88 Å². The number of halogens is 1. The number of fused-ring (bicyclic) bond motifs is 3. The predicted octanol–water partition coefficient (Wildman–Crippen LogP) is 4.70. The molecule has 0 unspecified atom stereocenters. The summed E-state index contributed by atoms with van der Waals surface area (Å²) in [5, 5.41) is 4.77. The van der Waals surface area contributed by atoms with Crippen LogP contribution in [0.1, 0.15) is 35.7 Å². The Hall–Kier alpha value is -2.46. The van der Waals surface area contributed by atoms with Gasteiger partial charge < -0.3 is 15.2 Å². The first-order valence-corrected chi connectivity index (χ1v) is 10.6. The average molecular weight is 394 g/mol. The van der Waals surface area contributed by atoms with Crippen LogP contribution in [0.15, 0.2) is 48.5 Å². The number of benzene rings is 2. The summed E-state index contributed by atoms with van der Waals surface area (Å²) in [5.41, 5.74) is 5.81. The molecular formula is C23H24ClN3O. The molecule has 2 aromatic carbocycles. The number of aromatic nitrogens is 1. The zero-order valence-electron chi connectivity index (χ0n) is 15.7. The van der Waals surface area contributed by atoms with Gasteiger partial charge in [-0.15, -0.1) is 11.6 Å². The molecule has 1 aliphatic carbocycles. The molecule has 4 nitrogen and oxygen atoms in total. The molecule has 28 heavy (non-hydrogen) atoms. The van der Waals surface area contributed by atoms with Gasteiger partial charge in [-0.3, -0.25) is 4.79 Å². The van der Waals surface area contributed by atoms with Gasteiger partial charge in [0, 0.05) is 35.4 Å². The first-order valence-electron chi connectivity index (χ1n) is 10.0. The molecule has 2 N–H and O–H groups in total. The number of nitrogens with zero attached hydrogens (tertiary/aromatic N) is 1. The van der Waals surface area contributed by atoms with Gasteiger partial charge in [0.25, 0.3) is 0 Å². The van der Waals surface area contributed by atoms with E-state index in [-0.39, 0.29) is 17.8 Å². The minimum atomic E-state index is -0.125. The smallest absolute Gasteiger partial charge is 0.238 e. The second kappa shape index (κ2) is 7.17. The highest BCUT2D eigenvalue weighted by Gasteiger charge is 2.34. The van der Waals surface area contributed by atoms with E-state index >= 15 is 0 Å². The fraction of sp³-hybridized carbons (Fsp3) is 0.348. The van der Waals surface area contributed by atoms with Crippen LogP contribution in [0.5, 0.6) is 0 Å². The van der Waals surface area contributed by atoms with Crippen LogP contribution in [0, 0.1) is 5.92 Å². The fourth-order valence-electron chi connectivity index (χ4n) is 4.30. The summed E-state index contributed by atoms with van der Waals surface area (Å²) in [7, 11) is 0. The molecule has 2 heterocycles. The predicted molar refractivity (Wildman–Crippen MR) is 114 cm³/mol. The van der Waals surface area contributed by atoms with E-state index in [1.807, 2.05) is 11.0 Å². The lowest BCUT2D eigenvalue weighted by atomic mass is 9.92. The third-order valence-corrected chi connectivity index (χ3v) is 6.22. The molecule has 5 rings (SSSR count). The van der Waals surface area contributed by atoms with Crippen LogP contribution in [-0.2, 0) is 11.2 Å². The van der Waals surface area contributed by atoms with Crippen molar-refractivity contribution in [2.75, 3.05) is 24.3 Å². The van der Waals surface area contributed by atoms with Crippen molar-refractivity contribution in [2.45, 2.75) is 25.3 Å². The van der Waals surface area contributed by atoms with Gasteiger partial charge in [-0.2, -0.15) is 0 Å². The third-order valence-electron chi connectivity index (χ3n) is 5.99. The maximum Gasteiger partial charge on any atom is 0.238 e. The van der Waals surface area contributed by atoms with E-state index in [1.54, 1.807) is 0 Å². The number of hydrogen-bond acceptors (Lipinski definition) is 2. The van der Waals surface area contributed by atoms with E-state index in [0.29, 0.717) is 6.54 Å². The Bertz CT molecular complexity index is 1010. The van der Waals surface area contributed by atoms with Gasteiger partial charge in [0.2, 0.25) is 5.91 Å². The SMILES string of the molecule is O=C(CCl)N1CCc2c([nH]c3ccccc23)[C@@H]1c1ccc(NCC2CC2)cc1. The Kier molecular flexibility index (Phi) is 4.52. The highest BCUT2D eigenvalue weighted by atomic mass is 35.5. The summed E-state index contributed by atoms with van der Waals surface area (Å²) in [6.07, 6.45) is 3.52. The van der Waals surface area contributed by atoms with Crippen LogP contribution >= 0.6 is 11.6 Å². The van der Waals surface area contributed by atoms with Gasteiger partial charge in [-0.1, -0.05) is 30.3 Å². The van der Waals surface area contributed by atoms with Crippen molar-refractivity contribution < 1.29 is 4.79 Å². The summed E-state index contributed by atoms with van der Waals surface area (Å²) in [6.45, 7) is 1.73. The molecule has 1 aromatic heterocycles. The Labute approximate surface area is 169 Å². The van der Waals surface area contributed by atoms with Crippen molar-refractivity contribution in [1.82, 2.24) is 9.88 Å². The number of carbonyl (C=O) groups is 1. The van der Waals surface area contributed by atoms with Crippen molar-refractivity contribution in [3.05, 3.63) is 65.4 Å². The first kappa shape index (κ1) is 17.6. The average Bonchev–Trinajstić information content (AvgIpc) is 3.50.